The van der Waals surface area contributed by atoms with Crippen LogP contribution in [0.3, 0.4) is 0 Å². The molecule has 1 N–H and O–H groups in total. The van der Waals surface area contributed by atoms with E-state index in [1.54, 1.807) is 0 Å². The number of rotatable bonds is 6. The van der Waals surface area contributed by atoms with E-state index in [1.807, 2.05) is 0 Å². The van der Waals surface area contributed by atoms with Crippen molar-refractivity contribution >= 4 is 11.4 Å². The molecule has 0 saturated heterocycles. The molecular formula is C17H15F3N4O2. The zero-order valence-corrected chi connectivity index (χ0v) is 13.7. The SMILES string of the molecule is C[C@H](O)c1c(CC(=O)Cc2ccnc(C(F)F)c2)cnc2cc(F)nn12. The molecule has 0 radical (unpaired) electrons. The van der Waals surface area contributed by atoms with Crippen molar-refractivity contribution in [3.63, 3.8) is 0 Å². The number of aliphatic hydroxyl groups is 1. The summed E-state index contributed by atoms with van der Waals surface area (Å²) in [4.78, 5) is 19.9. The second-order valence-electron chi connectivity index (χ2n) is 5.86. The van der Waals surface area contributed by atoms with Crippen molar-refractivity contribution in [3.05, 3.63) is 59.1 Å². The Kier molecular flexibility index (Phi) is 4.99. The van der Waals surface area contributed by atoms with Crippen LogP contribution in [0.5, 0.6) is 0 Å². The number of carbonyl (C=O) groups excluding carboxylic acids is 1. The zero-order chi connectivity index (χ0) is 18.8. The molecule has 6 nitrogen and oxygen atoms in total. The second kappa shape index (κ2) is 7.20. The Labute approximate surface area is 146 Å². The summed E-state index contributed by atoms with van der Waals surface area (Å²) in [6.45, 7) is 1.47. The number of hydrogen-bond acceptors (Lipinski definition) is 5. The number of aromatic nitrogens is 4. The van der Waals surface area contributed by atoms with E-state index in [2.05, 4.69) is 15.1 Å². The molecule has 0 aliphatic carbocycles. The number of carbonyl (C=O) groups is 1. The van der Waals surface area contributed by atoms with Gasteiger partial charge < -0.3 is 5.11 Å². The number of fused-ring (bicyclic) bond motifs is 1. The first kappa shape index (κ1) is 18.0. The fourth-order valence-electron chi connectivity index (χ4n) is 2.77. The van der Waals surface area contributed by atoms with Crippen LogP contribution in [0.4, 0.5) is 13.2 Å². The molecule has 1 atom stereocenters. The third kappa shape index (κ3) is 3.72. The van der Waals surface area contributed by atoms with Gasteiger partial charge in [-0.15, -0.1) is 5.10 Å². The molecule has 0 saturated carbocycles. The normalized spacial score (nSPS) is 12.7. The van der Waals surface area contributed by atoms with Crippen LogP contribution < -0.4 is 0 Å². The Morgan fingerprint density at radius 1 is 1.27 bits per heavy atom. The smallest absolute Gasteiger partial charge is 0.280 e. The van der Waals surface area contributed by atoms with E-state index in [4.69, 9.17) is 0 Å². The maximum atomic E-state index is 13.4. The lowest BCUT2D eigenvalue weighted by molar-refractivity contribution is -0.117. The van der Waals surface area contributed by atoms with E-state index in [9.17, 15) is 23.1 Å². The molecule has 0 unspecified atom stereocenters. The molecular weight excluding hydrogens is 349 g/mol. The third-order valence-corrected chi connectivity index (χ3v) is 3.82. The summed E-state index contributed by atoms with van der Waals surface area (Å²) >= 11 is 0. The van der Waals surface area contributed by atoms with Crippen LogP contribution >= 0.6 is 0 Å². The highest BCUT2D eigenvalue weighted by molar-refractivity contribution is 5.83. The lowest BCUT2D eigenvalue weighted by Gasteiger charge is -2.13. The van der Waals surface area contributed by atoms with E-state index in [0.717, 1.165) is 10.6 Å². The number of alkyl halides is 2. The molecule has 3 rings (SSSR count). The van der Waals surface area contributed by atoms with Crippen LogP contribution in [0.1, 0.15) is 42.0 Å². The summed E-state index contributed by atoms with van der Waals surface area (Å²) in [5, 5.41) is 13.6. The molecule has 0 amide bonds. The number of ketones is 1. The molecule has 0 aromatic carbocycles. The van der Waals surface area contributed by atoms with Crippen molar-refractivity contribution in [2.24, 2.45) is 0 Å². The Morgan fingerprint density at radius 3 is 2.73 bits per heavy atom. The van der Waals surface area contributed by atoms with E-state index < -0.39 is 24.2 Å². The maximum Gasteiger partial charge on any atom is 0.280 e. The van der Waals surface area contributed by atoms with Gasteiger partial charge >= 0.3 is 0 Å². The van der Waals surface area contributed by atoms with Gasteiger partial charge in [0.05, 0.1) is 11.8 Å². The average Bonchev–Trinajstić information content (AvgIpc) is 2.94. The summed E-state index contributed by atoms with van der Waals surface area (Å²) in [7, 11) is 0. The van der Waals surface area contributed by atoms with E-state index in [0.29, 0.717) is 11.1 Å². The number of halogens is 3. The van der Waals surface area contributed by atoms with Crippen LogP contribution in [0.25, 0.3) is 5.65 Å². The first-order valence-corrected chi connectivity index (χ1v) is 7.81. The molecule has 26 heavy (non-hydrogen) atoms. The first-order valence-electron chi connectivity index (χ1n) is 7.81. The van der Waals surface area contributed by atoms with Crippen LogP contribution in [0, 0.1) is 5.95 Å². The lowest BCUT2D eigenvalue weighted by Crippen LogP contribution is -2.14. The van der Waals surface area contributed by atoms with Gasteiger partial charge in [-0.05, 0) is 24.6 Å². The molecule has 0 spiro atoms. The topological polar surface area (TPSA) is 80.4 Å². The number of aliphatic hydroxyl groups excluding tert-OH is 1. The van der Waals surface area contributed by atoms with Gasteiger partial charge in [0.25, 0.3) is 6.43 Å². The minimum atomic E-state index is -2.71. The molecule has 0 aliphatic heterocycles. The number of pyridine rings is 1. The predicted octanol–water partition coefficient (Wildman–Crippen LogP) is 2.61. The van der Waals surface area contributed by atoms with Crippen molar-refractivity contribution in [2.75, 3.05) is 0 Å². The van der Waals surface area contributed by atoms with E-state index >= 15 is 0 Å². The Morgan fingerprint density at radius 2 is 2.04 bits per heavy atom. The van der Waals surface area contributed by atoms with E-state index in [1.165, 1.54) is 31.5 Å². The summed E-state index contributed by atoms with van der Waals surface area (Å²) in [5.41, 5.74) is 0.887. The molecule has 0 bridgehead atoms. The first-order chi connectivity index (χ1) is 12.3. The highest BCUT2D eigenvalue weighted by Gasteiger charge is 2.19. The van der Waals surface area contributed by atoms with Gasteiger partial charge in [0.1, 0.15) is 11.5 Å². The summed E-state index contributed by atoms with van der Waals surface area (Å²) in [6, 6.07) is 3.78. The lowest BCUT2D eigenvalue weighted by atomic mass is 10.0. The minimum Gasteiger partial charge on any atom is -0.387 e. The molecule has 3 aromatic rings. The standard InChI is InChI=1S/C17H15F3N4O2/c1-9(25)16-11(8-22-15-7-14(18)23-24(15)16)6-12(26)4-10-2-3-21-13(5-10)17(19)20/h2-3,5,7-9,17,25H,4,6H2,1H3/t9-/m0/s1. The van der Waals surface area contributed by atoms with Gasteiger partial charge in [0, 0.05) is 36.9 Å². The van der Waals surface area contributed by atoms with Crippen LogP contribution in [0.15, 0.2) is 30.6 Å². The highest BCUT2D eigenvalue weighted by atomic mass is 19.3. The highest BCUT2D eigenvalue weighted by Crippen LogP contribution is 2.21. The van der Waals surface area contributed by atoms with Gasteiger partial charge in [0.2, 0.25) is 5.95 Å². The maximum absolute atomic E-state index is 13.4. The Bertz CT molecular complexity index is 956. The summed E-state index contributed by atoms with van der Waals surface area (Å²) in [5.74, 6) is -1.02. The third-order valence-electron chi connectivity index (χ3n) is 3.82. The van der Waals surface area contributed by atoms with Gasteiger partial charge in [-0.3, -0.25) is 9.78 Å². The van der Waals surface area contributed by atoms with Crippen molar-refractivity contribution in [1.29, 1.82) is 0 Å². The fraction of sp³-hybridized carbons (Fsp3) is 0.294. The average molecular weight is 364 g/mol. The summed E-state index contributed by atoms with van der Waals surface area (Å²) in [6.07, 6.45) is -1.29. The van der Waals surface area contributed by atoms with Gasteiger partial charge in [-0.2, -0.15) is 4.39 Å². The molecule has 3 aromatic heterocycles. The second-order valence-corrected chi connectivity index (χ2v) is 5.86. The number of Topliss-reactive ketones (excluding diaryl/α,β-unsaturated/α-hetero) is 1. The minimum absolute atomic E-state index is 0.0764. The molecule has 3 heterocycles. The van der Waals surface area contributed by atoms with Crippen LogP contribution in [-0.4, -0.2) is 30.5 Å². The zero-order valence-electron chi connectivity index (χ0n) is 13.7. The van der Waals surface area contributed by atoms with Crippen LogP contribution in [0.2, 0.25) is 0 Å². The predicted molar refractivity (Wildman–Crippen MR) is 85.2 cm³/mol. The van der Waals surface area contributed by atoms with E-state index in [-0.39, 0.29) is 30.0 Å². The summed E-state index contributed by atoms with van der Waals surface area (Å²) < 4.78 is 39.9. The van der Waals surface area contributed by atoms with Gasteiger partial charge in [-0.1, -0.05) is 0 Å². The molecule has 136 valence electrons. The fourth-order valence-corrected chi connectivity index (χ4v) is 2.77. The van der Waals surface area contributed by atoms with Gasteiger partial charge in [-0.25, -0.2) is 18.3 Å². The largest absolute Gasteiger partial charge is 0.387 e. The van der Waals surface area contributed by atoms with Crippen molar-refractivity contribution < 1.29 is 23.1 Å². The van der Waals surface area contributed by atoms with Crippen molar-refractivity contribution in [1.82, 2.24) is 19.6 Å². The van der Waals surface area contributed by atoms with Crippen LogP contribution in [-0.2, 0) is 17.6 Å². The number of nitrogens with zero attached hydrogens (tertiary/aromatic N) is 4. The monoisotopic (exact) mass is 364 g/mol. The molecule has 0 fully saturated rings. The van der Waals surface area contributed by atoms with Gasteiger partial charge in [0.15, 0.2) is 5.65 Å². The molecule has 9 heteroatoms. The van der Waals surface area contributed by atoms with Crippen molar-refractivity contribution in [2.45, 2.75) is 32.3 Å². The Hall–Kier alpha value is -2.81. The van der Waals surface area contributed by atoms with Crippen molar-refractivity contribution in [3.8, 4) is 0 Å². The number of hydrogen-bond donors (Lipinski definition) is 1. The Balaban J connectivity index is 1.85. The quantitative estimate of drug-likeness (QED) is 0.727. The molecule has 0 aliphatic rings.